The van der Waals surface area contributed by atoms with Gasteiger partial charge in [0.1, 0.15) is 0 Å². The Morgan fingerprint density at radius 3 is 2.55 bits per heavy atom. The Bertz CT molecular complexity index is 1080. The zero-order valence-electron chi connectivity index (χ0n) is 16.3. The molecule has 0 unspecified atom stereocenters. The van der Waals surface area contributed by atoms with Crippen molar-refractivity contribution in [2.45, 2.75) is 0 Å². The van der Waals surface area contributed by atoms with Crippen LogP contribution in [0, 0.1) is 0 Å². The number of piperazine rings is 1. The number of nitrogens with zero attached hydrogens (tertiary/aromatic N) is 2. The van der Waals surface area contributed by atoms with Crippen LogP contribution in [-0.2, 0) is 0 Å². The summed E-state index contributed by atoms with van der Waals surface area (Å²) in [6, 6.07) is 12.4. The van der Waals surface area contributed by atoms with Gasteiger partial charge in [-0.15, -0.1) is 11.3 Å². The molecule has 1 aliphatic rings. The van der Waals surface area contributed by atoms with Gasteiger partial charge in [-0.2, -0.15) is 0 Å². The second kappa shape index (κ2) is 9.51. The topological polar surface area (TPSA) is 77.8 Å². The zero-order chi connectivity index (χ0) is 21.8. The molecule has 1 aliphatic heterocycles. The summed E-state index contributed by atoms with van der Waals surface area (Å²) >= 11 is 13.1. The smallest absolute Gasteiger partial charge is 0.293 e. The van der Waals surface area contributed by atoms with Gasteiger partial charge in [0.15, 0.2) is 10.9 Å². The molecule has 2 aromatic heterocycles. The number of carbonyl (C=O) groups is 2. The molecule has 2 N–H and O–H groups in total. The fourth-order valence-electron chi connectivity index (χ4n) is 3.28. The maximum atomic E-state index is 12.5. The van der Waals surface area contributed by atoms with Crippen LogP contribution in [0.3, 0.4) is 0 Å². The first-order valence-corrected chi connectivity index (χ1v) is 11.2. The summed E-state index contributed by atoms with van der Waals surface area (Å²) in [5.41, 5.74) is 1.55. The highest BCUT2D eigenvalue weighted by atomic mass is 35.5. The second-order valence-corrected chi connectivity index (χ2v) is 8.57. The Hall–Kier alpha value is -2.88. The summed E-state index contributed by atoms with van der Waals surface area (Å²) in [5.74, 6) is -0.181. The lowest BCUT2D eigenvalue weighted by molar-refractivity contribution is 0.0751. The Balaban J connectivity index is 1.33. The normalized spacial score (nSPS) is 13.7. The highest BCUT2D eigenvalue weighted by Gasteiger charge is 2.24. The molecule has 3 aromatic rings. The highest BCUT2D eigenvalue weighted by Crippen LogP contribution is 2.30. The van der Waals surface area contributed by atoms with Crippen LogP contribution in [0.15, 0.2) is 58.5 Å². The number of thiocarbonyl (C=S) groups is 1. The number of anilines is 2. The third-order valence-corrected chi connectivity index (χ3v) is 6.18. The SMILES string of the molecule is O=C(NC(=S)Nc1ccc(N2CCN(C(=O)c3cccs3)CC2)c(Cl)c1)c1ccco1. The van der Waals surface area contributed by atoms with Crippen molar-refractivity contribution in [1.29, 1.82) is 0 Å². The van der Waals surface area contributed by atoms with Gasteiger partial charge in [0.2, 0.25) is 0 Å². The van der Waals surface area contributed by atoms with E-state index in [0.717, 1.165) is 10.6 Å². The molecule has 0 aliphatic carbocycles. The van der Waals surface area contributed by atoms with Crippen LogP contribution >= 0.6 is 35.2 Å². The van der Waals surface area contributed by atoms with E-state index in [-0.39, 0.29) is 16.8 Å². The Labute approximate surface area is 193 Å². The van der Waals surface area contributed by atoms with Crippen LogP contribution in [-0.4, -0.2) is 48.0 Å². The van der Waals surface area contributed by atoms with E-state index < -0.39 is 5.91 Å². The fraction of sp³-hybridized carbons (Fsp3) is 0.190. The largest absolute Gasteiger partial charge is 0.459 e. The van der Waals surface area contributed by atoms with E-state index in [1.807, 2.05) is 34.5 Å². The van der Waals surface area contributed by atoms with E-state index >= 15 is 0 Å². The molecule has 2 amide bonds. The van der Waals surface area contributed by atoms with Gasteiger partial charge in [-0.3, -0.25) is 14.9 Å². The van der Waals surface area contributed by atoms with Gasteiger partial charge in [0, 0.05) is 31.9 Å². The molecule has 1 saturated heterocycles. The van der Waals surface area contributed by atoms with E-state index in [0.29, 0.717) is 36.9 Å². The van der Waals surface area contributed by atoms with Gasteiger partial charge in [-0.25, -0.2) is 0 Å². The van der Waals surface area contributed by atoms with Crippen LogP contribution in [0.25, 0.3) is 0 Å². The predicted molar refractivity (Wildman–Crippen MR) is 126 cm³/mol. The number of furan rings is 1. The Kier molecular flexibility index (Phi) is 6.55. The van der Waals surface area contributed by atoms with Crippen LogP contribution in [0.5, 0.6) is 0 Å². The van der Waals surface area contributed by atoms with Gasteiger partial charge < -0.3 is 19.5 Å². The maximum Gasteiger partial charge on any atom is 0.293 e. The standard InChI is InChI=1S/C21H19ClN4O3S2/c22-15-13-14(23-21(30)24-19(27)17-3-1-11-29-17)5-6-16(15)25-7-9-26(10-8-25)20(28)18-4-2-12-31-18/h1-6,11-13H,7-10H2,(H2,23,24,27,30). The molecule has 3 heterocycles. The Morgan fingerprint density at radius 2 is 1.90 bits per heavy atom. The van der Waals surface area contributed by atoms with Gasteiger partial charge in [-0.05, 0) is 54.0 Å². The molecule has 0 spiro atoms. The highest BCUT2D eigenvalue weighted by molar-refractivity contribution is 7.80. The molecular formula is C21H19ClN4O3S2. The van der Waals surface area contributed by atoms with Crippen LogP contribution in [0.1, 0.15) is 20.2 Å². The molecule has 31 heavy (non-hydrogen) atoms. The van der Waals surface area contributed by atoms with Crippen molar-refractivity contribution in [2.75, 3.05) is 36.4 Å². The molecular weight excluding hydrogens is 456 g/mol. The first-order chi connectivity index (χ1) is 15.0. The van der Waals surface area contributed by atoms with Crippen LogP contribution in [0.2, 0.25) is 5.02 Å². The summed E-state index contributed by atoms with van der Waals surface area (Å²) < 4.78 is 5.04. The number of halogens is 1. The number of amides is 2. The molecule has 10 heteroatoms. The predicted octanol–water partition coefficient (Wildman–Crippen LogP) is 4.08. The number of nitrogens with one attached hydrogen (secondary N) is 2. The zero-order valence-corrected chi connectivity index (χ0v) is 18.7. The summed E-state index contributed by atoms with van der Waals surface area (Å²) in [6.07, 6.45) is 1.42. The number of carbonyl (C=O) groups excluding carboxylic acids is 2. The second-order valence-electron chi connectivity index (χ2n) is 6.81. The van der Waals surface area contributed by atoms with Gasteiger partial charge in [0.25, 0.3) is 11.8 Å². The number of thiophene rings is 1. The van der Waals surface area contributed by atoms with Crippen LogP contribution < -0.4 is 15.5 Å². The molecule has 1 fully saturated rings. The van der Waals surface area contributed by atoms with Crippen molar-refractivity contribution in [3.8, 4) is 0 Å². The lowest BCUT2D eigenvalue weighted by atomic mass is 10.2. The van der Waals surface area contributed by atoms with E-state index in [4.69, 9.17) is 28.2 Å². The monoisotopic (exact) mass is 474 g/mol. The molecule has 0 atom stereocenters. The molecule has 7 nitrogen and oxygen atoms in total. The molecule has 0 bridgehead atoms. The van der Waals surface area contributed by atoms with E-state index in [9.17, 15) is 9.59 Å². The number of benzene rings is 1. The number of rotatable bonds is 4. The molecule has 0 saturated carbocycles. The average molecular weight is 475 g/mol. The van der Waals surface area contributed by atoms with Gasteiger partial charge in [-0.1, -0.05) is 17.7 Å². The van der Waals surface area contributed by atoms with E-state index in [2.05, 4.69) is 15.5 Å². The number of hydrogen-bond donors (Lipinski definition) is 2. The summed E-state index contributed by atoms with van der Waals surface area (Å²) in [5, 5.41) is 8.11. The van der Waals surface area contributed by atoms with Crippen molar-refractivity contribution in [3.63, 3.8) is 0 Å². The first kappa shape index (κ1) is 21.4. The van der Waals surface area contributed by atoms with Crippen molar-refractivity contribution >= 4 is 63.5 Å². The average Bonchev–Trinajstić information content (AvgIpc) is 3.48. The van der Waals surface area contributed by atoms with Crippen molar-refractivity contribution in [3.05, 3.63) is 69.8 Å². The van der Waals surface area contributed by atoms with Crippen molar-refractivity contribution in [1.82, 2.24) is 10.2 Å². The van der Waals surface area contributed by atoms with E-state index in [1.54, 1.807) is 18.2 Å². The van der Waals surface area contributed by atoms with Gasteiger partial charge >= 0.3 is 0 Å². The van der Waals surface area contributed by atoms with E-state index in [1.165, 1.54) is 17.6 Å². The van der Waals surface area contributed by atoms with Gasteiger partial charge in [0.05, 0.1) is 21.9 Å². The summed E-state index contributed by atoms with van der Waals surface area (Å²) in [7, 11) is 0. The van der Waals surface area contributed by atoms with Crippen molar-refractivity contribution in [2.24, 2.45) is 0 Å². The third kappa shape index (κ3) is 5.07. The lowest BCUT2D eigenvalue weighted by Gasteiger charge is -2.36. The first-order valence-electron chi connectivity index (χ1n) is 9.54. The molecule has 0 radical (unpaired) electrons. The van der Waals surface area contributed by atoms with Crippen LogP contribution in [0.4, 0.5) is 11.4 Å². The lowest BCUT2D eigenvalue weighted by Crippen LogP contribution is -2.48. The van der Waals surface area contributed by atoms with Crippen molar-refractivity contribution < 1.29 is 14.0 Å². The quantitative estimate of drug-likeness (QED) is 0.555. The molecule has 4 rings (SSSR count). The number of hydrogen-bond acceptors (Lipinski definition) is 6. The third-order valence-electron chi connectivity index (χ3n) is 4.82. The minimum Gasteiger partial charge on any atom is -0.459 e. The summed E-state index contributed by atoms with van der Waals surface area (Å²) in [6.45, 7) is 2.66. The summed E-state index contributed by atoms with van der Waals surface area (Å²) in [4.78, 5) is 29.3. The minimum absolute atomic E-state index is 0.0744. The Morgan fingerprint density at radius 1 is 1.10 bits per heavy atom. The fourth-order valence-corrected chi connectivity index (χ4v) is 4.48. The maximum absolute atomic E-state index is 12.5. The molecule has 160 valence electrons. The molecule has 1 aromatic carbocycles. The minimum atomic E-state index is -0.430.